The zero-order valence-electron chi connectivity index (χ0n) is 12.2. The molecule has 0 unspecified atom stereocenters. The topological polar surface area (TPSA) is 53.1 Å². The molecule has 1 saturated carbocycles. The first kappa shape index (κ1) is 12.0. The fourth-order valence-corrected chi connectivity index (χ4v) is 5.29. The lowest BCUT2D eigenvalue weighted by molar-refractivity contribution is -0.126. The fourth-order valence-electron chi connectivity index (χ4n) is 5.29. The van der Waals surface area contributed by atoms with E-state index in [2.05, 4.69) is 11.9 Å². The quantitative estimate of drug-likeness (QED) is 0.755. The number of aromatic hydroxyl groups is 1. The highest BCUT2D eigenvalue weighted by molar-refractivity contribution is 5.82. The van der Waals surface area contributed by atoms with E-state index >= 15 is 0 Å². The normalized spacial score (nSPS) is 36.3. The minimum absolute atomic E-state index is 0.0570. The SMILES string of the molecule is CN1CC[C@]23CC(=O)CC[C@H]2[C@H]1Cc1c3cc(O)c2c1O2. The van der Waals surface area contributed by atoms with Gasteiger partial charge in [-0.05, 0) is 50.4 Å². The Labute approximate surface area is 123 Å². The minimum Gasteiger partial charge on any atom is -0.504 e. The molecule has 2 bridgehead atoms. The monoisotopic (exact) mass is 285 g/mol. The highest BCUT2D eigenvalue weighted by Crippen LogP contribution is 2.63. The Balaban J connectivity index is 1.76. The Kier molecular flexibility index (Phi) is 2.07. The number of carbonyl (C=O) groups is 1. The van der Waals surface area contributed by atoms with Crippen molar-refractivity contribution in [1.29, 1.82) is 0 Å². The maximum atomic E-state index is 12.2. The lowest BCUT2D eigenvalue weighted by Crippen LogP contribution is -2.60. The molecule has 110 valence electrons. The zero-order chi connectivity index (χ0) is 14.4. The van der Waals surface area contributed by atoms with Gasteiger partial charge in [0.25, 0.3) is 0 Å². The molecule has 0 radical (unpaired) electrons. The van der Waals surface area contributed by atoms with Crippen molar-refractivity contribution in [2.45, 2.75) is 43.6 Å². The summed E-state index contributed by atoms with van der Waals surface area (Å²) in [6, 6.07) is 2.41. The van der Waals surface area contributed by atoms with E-state index in [9.17, 15) is 9.90 Å². The number of likely N-dealkylation sites (N-methyl/N-ethyl adjacent to an activating group) is 1. The van der Waals surface area contributed by atoms with E-state index in [1.807, 2.05) is 6.07 Å². The van der Waals surface area contributed by atoms with Gasteiger partial charge in [-0.1, -0.05) is 0 Å². The van der Waals surface area contributed by atoms with Crippen molar-refractivity contribution in [3.8, 4) is 17.2 Å². The van der Waals surface area contributed by atoms with Crippen LogP contribution in [0.5, 0.6) is 17.2 Å². The summed E-state index contributed by atoms with van der Waals surface area (Å²) in [5.41, 5.74) is 2.41. The number of piperidine rings is 1. The smallest absolute Gasteiger partial charge is 0.211 e. The van der Waals surface area contributed by atoms with E-state index in [4.69, 9.17) is 4.74 Å². The molecule has 4 nitrogen and oxygen atoms in total. The van der Waals surface area contributed by atoms with Gasteiger partial charge < -0.3 is 14.7 Å². The van der Waals surface area contributed by atoms with E-state index in [-0.39, 0.29) is 11.2 Å². The number of carbonyl (C=O) groups excluding carboxylic acids is 1. The number of likely N-dealkylation sites (tertiary alicyclic amines) is 1. The van der Waals surface area contributed by atoms with Crippen molar-refractivity contribution in [2.75, 3.05) is 13.6 Å². The summed E-state index contributed by atoms with van der Waals surface area (Å²) in [5.74, 6) is 2.73. The lowest BCUT2D eigenvalue weighted by Gasteiger charge is -2.57. The maximum absolute atomic E-state index is 12.2. The van der Waals surface area contributed by atoms with E-state index in [0.29, 0.717) is 29.9 Å². The summed E-state index contributed by atoms with van der Waals surface area (Å²) in [4.78, 5) is 14.6. The van der Waals surface area contributed by atoms with Gasteiger partial charge in [0.1, 0.15) is 5.78 Å². The number of rotatable bonds is 0. The summed E-state index contributed by atoms with van der Waals surface area (Å²) in [6.45, 7) is 1.03. The lowest BCUT2D eigenvalue weighted by atomic mass is 9.52. The van der Waals surface area contributed by atoms with Gasteiger partial charge in [-0.3, -0.25) is 4.79 Å². The largest absolute Gasteiger partial charge is 0.504 e. The van der Waals surface area contributed by atoms with Gasteiger partial charge in [0.2, 0.25) is 5.75 Å². The summed E-state index contributed by atoms with van der Waals surface area (Å²) in [7, 11) is 2.20. The van der Waals surface area contributed by atoms with Crippen LogP contribution in [0.1, 0.15) is 36.8 Å². The molecular weight excluding hydrogens is 266 g/mol. The number of hydrogen-bond acceptors (Lipinski definition) is 4. The number of phenolic OH excluding ortho intramolecular Hbond substituents is 1. The number of nitrogens with zero attached hydrogens (tertiary/aromatic N) is 1. The van der Waals surface area contributed by atoms with E-state index in [1.165, 1.54) is 11.1 Å². The van der Waals surface area contributed by atoms with Crippen LogP contribution >= 0.6 is 0 Å². The van der Waals surface area contributed by atoms with Gasteiger partial charge in [-0.2, -0.15) is 0 Å². The third-order valence-electron chi connectivity index (χ3n) is 6.33. The van der Waals surface area contributed by atoms with Crippen molar-refractivity contribution in [3.05, 3.63) is 17.2 Å². The third-order valence-corrected chi connectivity index (χ3v) is 6.33. The molecular formula is C17H19NO3. The van der Waals surface area contributed by atoms with Crippen LogP contribution < -0.4 is 4.74 Å². The second-order valence-corrected chi connectivity index (χ2v) is 7.20. The molecule has 3 atom stereocenters. The van der Waals surface area contributed by atoms with Gasteiger partial charge in [0.15, 0.2) is 11.5 Å². The molecule has 1 saturated heterocycles. The molecule has 4 aliphatic rings. The number of phenols is 1. The van der Waals surface area contributed by atoms with E-state index in [0.717, 1.165) is 38.0 Å². The summed E-state index contributed by atoms with van der Waals surface area (Å²) < 4.78 is 5.52. The molecule has 2 aliphatic carbocycles. The Morgan fingerprint density at radius 3 is 3.14 bits per heavy atom. The van der Waals surface area contributed by atoms with Crippen molar-refractivity contribution in [2.24, 2.45) is 5.92 Å². The number of ketones is 1. The second-order valence-electron chi connectivity index (χ2n) is 7.20. The Morgan fingerprint density at radius 2 is 2.29 bits per heavy atom. The predicted octanol–water partition coefficient (Wildman–Crippen LogP) is 2.37. The van der Waals surface area contributed by atoms with Crippen LogP contribution in [0.2, 0.25) is 0 Å². The van der Waals surface area contributed by atoms with Crippen LogP contribution in [-0.4, -0.2) is 35.4 Å². The van der Waals surface area contributed by atoms with Gasteiger partial charge in [0.05, 0.1) is 0 Å². The molecule has 1 aromatic carbocycles. The zero-order valence-corrected chi connectivity index (χ0v) is 12.2. The average molecular weight is 285 g/mol. The fraction of sp³-hybridized carbons (Fsp3) is 0.588. The number of fused-ring (bicyclic) bond motifs is 3. The highest BCUT2D eigenvalue weighted by Gasteiger charge is 2.56. The minimum atomic E-state index is -0.0570. The van der Waals surface area contributed by atoms with Gasteiger partial charge >= 0.3 is 0 Å². The number of Topliss-reactive ketones (excluding diaryl/α,β-unsaturated/α-hetero) is 1. The maximum Gasteiger partial charge on any atom is 0.211 e. The number of hydrogen-bond donors (Lipinski definition) is 1. The third kappa shape index (κ3) is 1.37. The Bertz CT molecular complexity index is 683. The van der Waals surface area contributed by atoms with Crippen LogP contribution in [0, 0.1) is 5.92 Å². The van der Waals surface area contributed by atoms with Crippen LogP contribution in [-0.2, 0) is 16.6 Å². The molecule has 0 aromatic heterocycles. The van der Waals surface area contributed by atoms with Gasteiger partial charge in [0, 0.05) is 29.9 Å². The molecule has 4 heteroatoms. The first-order valence-corrected chi connectivity index (χ1v) is 7.89. The van der Waals surface area contributed by atoms with Gasteiger partial charge in [-0.25, -0.2) is 0 Å². The molecule has 2 fully saturated rings. The molecule has 0 amide bonds. The molecule has 5 rings (SSSR count). The molecule has 2 aliphatic heterocycles. The van der Waals surface area contributed by atoms with Crippen molar-refractivity contribution in [3.63, 3.8) is 0 Å². The summed E-state index contributed by atoms with van der Waals surface area (Å²) >= 11 is 0. The van der Waals surface area contributed by atoms with Gasteiger partial charge in [-0.15, -0.1) is 0 Å². The van der Waals surface area contributed by atoms with Crippen LogP contribution in [0.25, 0.3) is 0 Å². The molecule has 1 aromatic rings. The number of benzene rings is 1. The Morgan fingerprint density at radius 1 is 1.43 bits per heavy atom. The standard InChI is InChI=1S/C17H19NO3/c1-18-5-4-17-8-9(19)2-3-11(17)13(18)6-10-12(17)7-14(20)16-15(10)21-16/h7,11,13,20H,2-6,8H2,1H3/t11-,13+,17-/m0/s1. The van der Waals surface area contributed by atoms with Crippen molar-refractivity contribution >= 4 is 5.78 Å². The van der Waals surface area contributed by atoms with Crippen LogP contribution in [0.4, 0.5) is 0 Å². The summed E-state index contributed by atoms with van der Waals surface area (Å²) in [6.07, 6.45) is 4.37. The second kappa shape index (κ2) is 3.61. The first-order valence-electron chi connectivity index (χ1n) is 7.89. The predicted molar refractivity (Wildman–Crippen MR) is 76.9 cm³/mol. The van der Waals surface area contributed by atoms with Crippen LogP contribution in [0.15, 0.2) is 6.07 Å². The Hall–Kier alpha value is -1.55. The van der Waals surface area contributed by atoms with Crippen molar-refractivity contribution < 1.29 is 14.6 Å². The molecule has 2 heterocycles. The molecule has 1 N–H and O–H groups in total. The average Bonchev–Trinajstić information content (AvgIpc) is 3.25. The molecule has 0 spiro atoms. The van der Waals surface area contributed by atoms with Crippen molar-refractivity contribution in [1.82, 2.24) is 4.90 Å². The van der Waals surface area contributed by atoms with Crippen LogP contribution in [0.3, 0.4) is 0 Å². The summed E-state index contributed by atoms with van der Waals surface area (Å²) in [5, 5.41) is 10.1. The van der Waals surface area contributed by atoms with E-state index < -0.39 is 0 Å². The first-order chi connectivity index (χ1) is 10.1. The highest BCUT2D eigenvalue weighted by atomic mass is 16.6. The number of ether oxygens (including phenoxy) is 1. The molecule has 21 heavy (non-hydrogen) atoms. The van der Waals surface area contributed by atoms with E-state index in [1.54, 1.807) is 0 Å².